The lowest BCUT2D eigenvalue weighted by molar-refractivity contribution is -0.121. The van der Waals surface area contributed by atoms with Gasteiger partial charge in [0.2, 0.25) is 5.91 Å². The van der Waals surface area contributed by atoms with E-state index in [9.17, 15) is 9.59 Å². The maximum absolute atomic E-state index is 12.1. The third-order valence-corrected chi connectivity index (χ3v) is 4.75. The summed E-state index contributed by atoms with van der Waals surface area (Å²) in [6.45, 7) is 7.99. The Labute approximate surface area is 126 Å². The molecular formula is C14H27N3O2S. The van der Waals surface area contributed by atoms with Crippen LogP contribution >= 0.6 is 11.8 Å². The van der Waals surface area contributed by atoms with Crippen LogP contribution in [0.25, 0.3) is 0 Å². The summed E-state index contributed by atoms with van der Waals surface area (Å²) >= 11 is 2.00. The zero-order valence-electron chi connectivity index (χ0n) is 12.8. The number of likely N-dealkylation sites (N-methyl/N-ethyl adjacent to an activating group) is 2. The summed E-state index contributed by atoms with van der Waals surface area (Å²) in [7, 11) is 0. The molecule has 1 heterocycles. The van der Waals surface area contributed by atoms with Gasteiger partial charge < -0.3 is 15.5 Å². The molecule has 0 aromatic carbocycles. The van der Waals surface area contributed by atoms with E-state index >= 15 is 0 Å². The Morgan fingerprint density at radius 3 is 2.65 bits per heavy atom. The predicted octanol–water partition coefficient (Wildman–Crippen LogP) is 1.69. The molecule has 0 radical (unpaired) electrons. The summed E-state index contributed by atoms with van der Waals surface area (Å²) in [5, 5.41) is 6.37. The number of urea groups is 1. The van der Waals surface area contributed by atoms with Crippen molar-refractivity contribution in [1.29, 1.82) is 0 Å². The topological polar surface area (TPSA) is 61.4 Å². The molecule has 1 aliphatic rings. The van der Waals surface area contributed by atoms with Gasteiger partial charge in [0.05, 0.1) is 0 Å². The first kappa shape index (κ1) is 17.1. The van der Waals surface area contributed by atoms with Gasteiger partial charge in [-0.1, -0.05) is 6.92 Å². The van der Waals surface area contributed by atoms with Gasteiger partial charge in [-0.2, -0.15) is 11.8 Å². The van der Waals surface area contributed by atoms with Crippen molar-refractivity contribution in [3.63, 3.8) is 0 Å². The molecule has 2 atom stereocenters. The molecule has 0 bridgehead atoms. The molecule has 20 heavy (non-hydrogen) atoms. The van der Waals surface area contributed by atoms with Crippen LogP contribution in [0.4, 0.5) is 4.79 Å². The summed E-state index contributed by atoms with van der Waals surface area (Å²) in [6, 6.07) is -0.135. The Kier molecular flexibility index (Phi) is 7.80. The standard InChI is InChI=1S/C14H27N3O2S/c1-4-15-13(18)10-17(5-2)14(19)16-9-12-6-7-20-11(3)8-12/h11-12H,4-10H2,1-3H3,(H,15,18)(H,16,19)/t11-,12+/m0/s1. The summed E-state index contributed by atoms with van der Waals surface area (Å²) in [5.74, 6) is 1.64. The molecule has 116 valence electrons. The molecule has 1 saturated heterocycles. The number of amides is 3. The minimum Gasteiger partial charge on any atom is -0.355 e. The quantitative estimate of drug-likeness (QED) is 0.785. The largest absolute Gasteiger partial charge is 0.355 e. The van der Waals surface area contributed by atoms with E-state index in [1.807, 2.05) is 25.6 Å². The van der Waals surface area contributed by atoms with E-state index in [-0.39, 0.29) is 18.5 Å². The Bertz CT molecular complexity index is 326. The molecule has 0 aliphatic carbocycles. The zero-order valence-corrected chi connectivity index (χ0v) is 13.6. The molecule has 0 aromatic rings. The monoisotopic (exact) mass is 301 g/mol. The third kappa shape index (κ3) is 6.03. The molecule has 0 spiro atoms. The molecule has 1 fully saturated rings. The smallest absolute Gasteiger partial charge is 0.317 e. The number of nitrogens with zero attached hydrogens (tertiary/aromatic N) is 1. The number of thioether (sulfide) groups is 1. The number of rotatable bonds is 6. The van der Waals surface area contributed by atoms with E-state index in [4.69, 9.17) is 0 Å². The molecule has 5 nitrogen and oxygen atoms in total. The van der Waals surface area contributed by atoms with Crippen LogP contribution in [-0.4, -0.2) is 54.0 Å². The molecule has 0 saturated carbocycles. The van der Waals surface area contributed by atoms with Crippen LogP contribution in [0.2, 0.25) is 0 Å². The molecule has 3 amide bonds. The van der Waals surface area contributed by atoms with Gasteiger partial charge in [0.25, 0.3) is 0 Å². The average Bonchev–Trinajstić information content (AvgIpc) is 2.42. The second-order valence-corrected chi connectivity index (χ2v) is 6.77. The number of hydrogen-bond donors (Lipinski definition) is 2. The van der Waals surface area contributed by atoms with E-state index in [2.05, 4.69) is 17.6 Å². The lowest BCUT2D eigenvalue weighted by atomic mass is 10.00. The third-order valence-electron chi connectivity index (χ3n) is 3.51. The van der Waals surface area contributed by atoms with Crippen LogP contribution < -0.4 is 10.6 Å². The highest BCUT2D eigenvalue weighted by Crippen LogP contribution is 2.28. The van der Waals surface area contributed by atoms with Crippen LogP contribution in [-0.2, 0) is 4.79 Å². The van der Waals surface area contributed by atoms with Gasteiger partial charge in [0, 0.05) is 24.9 Å². The molecule has 2 N–H and O–H groups in total. The van der Waals surface area contributed by atoms with Gasteiger partial charge in [-0.05, 0) is 38.4 Å². The molecule has 1 rings (SSSR count). The highest BCUT2D eigenvalue weighted by atomic mass is 32.2. The minimum atomic E-state index is -0.135. The first-order valence-corrected chi connectivity index (χ1v) is 8.52. The summed E-state index contributed by atoms with van der Waals surface area (Å²) < 4.78 is 0. The van der Waals surface area contributed by atoms with E-state index < -0.39 is 0 Å². The van der Waals surface area contributed by atoms with E-state index in [1.165, 1.54) is 5.75 Å². The van der Waals surface area contributed by atoms with Crippen molar-refractivity contribution in [3.8, 4) is 0 Å². The van der Waals surface area contributed by atoms with Crippen molar-refractivity contribution in [2.45, 2.75) is 38.9 Å². The van der Waals surface area contributed by atoms with Crippen molar-refractivity contribution < 1.29 is 9.59 Å². The fourth-order valence-corrected chi connectivity index (χ4v) is 3.65. The Hall–Kier alpha value is -0.910. The number of nitrogens with one attached hydrogen (secondary N) is 2. The molecule has 6 heteroatoms. The van der Waals surface area contributed by atoms with Gasteiger partial charge in [-0.15, -0.1) is 0 Å². The van der Waals surface area contributed by atoms with Crippen molar-refractivity contribution in [2.75, 3.05) is 31.9 Å². The Balaban J connectivity index is 2.33. The lowest BCUT2D eigenvalue weighted by Gasteiger charge is -2.28. The normalized spacial score (nSPS) is 22.1. The molecule has 1 aliphatic heterocycles. The predicted molar refractivity (Wildman–Crippen MR) is 84.0 cm³/mol. The Morgan fingerprint density at radius 1 is 1.30 bits per heavy atom. The highest BCUT2D eigenvalue weighted by Gasteiger charge is 2.21. The van der Waals surface area contributed by atoms with Crippen LogP contribution in [0.1, 0.15) is 33.6 Å². The van der Waals surface area contributed by atoms with Crippen molar-refractivity contribution in [2.24, 2.45) is 5.92 Å². The van der Waals surface area contributed by atoms with Crippen molar-refractivity contribution in [1.82, 2.24) is 15.5 Å². The first-order valence-electron chi connectivity index (χ1n) is 7.47. The maximum Gasteiger partial charge on any atom is 0.317 e. The number of carbonyl (C=O) groups excluding carboxylic acids is 2. The summed E-state index contributed by atoms with van der Waals surface area (Å²) in [5.41, 5.74) is 0. The molecule has 0 unspecified atom stereocenters. The van der Waals surface area contributed by atoms with Crippen LogP contribution in [0, 0.1) is 5.92 Å². The fraction of sp³-hybridized carbons (Fsp3) is 0.857. The van der Waals surface area contributed by atoms with E-state index in [0.29, 0.717) is 24.3 Å². The van der Waals surface area contributed by atoms with Crippen molar-refractivity contribution >= 4 is 23.7 Å². The average molecular weight is 301 g/mol. The Morgan fingerprint density at radius 2 is 2.05 bits per heavy atom. The molecular weight excluding hydrogens is 274 g/mol. The van der Waals surface area contributed by atoms with Gasteiger partial charge in [-0.3, -0.25) is 4.79 Å². The highest BCUT2D eigenvalue weighted by molar-refractivity contribution is 7.99. The van der Waals surface area contributed by atoms with Crippen LogP contribution in [0.5, 0.6) is 0 Å². The fourth-order valence-electron chi connectivity index (χ4n) is 2.37. The minimum absolute atomic E-state index is 0.104. The van der Waals surface area contributed by atoms with Gasteiger partial charge >= 0.3 is 6.03 Å². The van der Waals surface area contributed by atoms with Gasteiger partial charge in [0.15, 0.2) is 0 Å². The lowest BCUT2D eigenvalue weighted by Crippen LogP contribution is -2.46. The van der Waals surface area contributed by atoms with Crippen LogP contribution in [0.3, 0.4) is 0 Å². The van der Waals surface area contributed by atoms with E-state index in [1.54, 1.807) is 4.90 Å². The summed E-state index contributed by atoms with van der Waals surface area (Å²) in [4.78, 5) is 25.1. The molecule has 0 aromatic heterocycles. The van der Waals surface area contributed by atoms with Gasteiger partial charge in [0.1, 0.15) is 6.54 Å². The SMILES string of the molecule is CCNC(=O)CN(CC)C(=O)NC[C@@H]1CCS[C@@H](C)C1. The second kappa shape index (κ2) is 9.10. The van der Waals surface area contributed by atoms with Crippen molar-refractivity contribution in [3.05, 3.63) is 0 Å². The maximum atomic E-state index is 12.1. The van der Waals surface area contributed by atoms with Crippen LogP contribution in [0.15, 0.2) is 0 Å². The number of hydrogen-bond acceptors (Lipinski definition) is 3. The first-order chi connectivity index (χ1) is 9.56. The van der Waals surface area contributed by atoms with E-state index in [0.717, 1.165) is 19.4 Å². The second-order valence-electron chi connectivity index (χ2n) is 5.23. The summed E-state index contributed by atoms with van der Waals surface area (Å²) in [6.07, 6.45) is 2.32. The van der Waals surface area contributed by atoms with Gasteiger partial charge in [-0.25, -0.2) is 4.79 Å². The zero-order chi connectivity index (χ0) is 15.0. The number of carbonyl (C=O) groups is 2.